The smallest absolute Gasteiger partial charge is 0.181 e. The Morgan fingerprint density at radius 1 is 1.35 bits per heavy atom. The van der Waals surface area contributed by atoms with Gasteiger partial charge in [0, 0.05) is 12.1 Å². The third-order valence-corrected chi connectivity index (χ3v) is 3.80. The first-order valence-corrected chi connectivity index (χ1v) is 7.27. The molecule has 1 unspecified atom stereocenters. The van der Waals surface area contributed by atoms with Crippen molar-refractivity contribution >= 4 is 5.78 Å². The van der Waals surface area contributed by atoms with Gasteiger partial charge in [-0.1, -0.05) is 12.1 Å². The lowest BCUT2D eigenvalue weighted by Gasteiger charge is -2.26. The number of ketones is 1. The van der Waals surface area contributed by atoms with E-state index in [1.807, 2.05) is 38.2 Å². The highest BCUT2D eigenvalue weighted by Crippen LogP contribution is 2.18. The molecule has 1 aromatic rings. The van der Waals surface area contributed by atoms with E-state index in [-0.39, 0.29) is 11.8 Å². The summed E-state index contributed by atoms with van der Waals surface area (Å²) in [5, 5.41) is 0. The fraction of sp³-hybridized carbons (Fsp3) is 0.562. The van der Waals surface area contributed by atoms with Gasteiger partial charge in [-0.2, -0.15) is 0 Å². The molecule has 1 heterocycles. The van der Waals surface area contributed by atoms with E-state index in [2.05, 4.69) is 16.8 Å². The maximum atomic E-state index is 12.7. The van der Waals surface area contributed by atoms with Crippen LogP contribution in [-0.2, 0) is 0 Å². The minimum Gasteiger partial charge on any atom is -0.494 e. The van der Waals surface area contributed by atoms with E-state index in [9.17, 15) is 4.79 Å². The number of carbonyl (C=O) groups excluding carboxylic acids is 1. The maximum absolute atomic E-state index is 12.7. The van der Waals surface area contributed by atoms with Crippen LogP contribution in [-0.4, -0.2) is 62.0 Å². The van der Waals surface area contributed by atoms with Gasteiger partial charge in [0.2, 0.25) is 0 Å². The van der Waals surface area contributed by atoms with Crippen molar-refractivity contribution in [2.24, 2.45) is 0 Å². The van der Waals surface area contributed by atoms with Crippen molar-refractivity contribution in [2.75, 3.05) is 40.3 Å². The Balaban J connectivity index is 2.18. The summed E-state index contributed by atoms with van der Waals surface area (Å²) in [5.74, 6) is 0.950. The van der Waals surface area contributed by atoms with Gasteiger partial charge in [0.25, 0.3) is 0 Å². The molecule has 0 amide bonds. The van der Waals surface area contributed by atoms with Crippen LogP contribution in [0.15, 0.2) is 24.3 Å². The Morgan fingerprint density at radius 2 is 2.15 bits per heavy atom. The van der Waals surface area contributed by atoms with Crippen LogP contribution in [0.2, 0.25) is 0 Å². The Kier molecular flexibility index (Phi) is 5.15. The molecule has 0 bridgehead atoms. The molecule has 110 valence electrons. The molecule has 0 radical (unpaired) electrons. The van der Waals surface area contributed by atoms with Gasteiger partial charge < -0.3 is 9.64 Å². The number of hydrogen-bond acceptors (Lipinski definition) is 4. The van der Waals surface area contributed by atoms with Crippen LogP contribution in [0, 0.1) is 0 Å². The summed E-state index contributed by atoms with van der Waals surface area (Å²) in [7, 11) is 4.12. The van der Waals surface area contributed by atoms with Gasteiger partial charge in [-0.05, 0) is 52.7 Å². The number of benzene rings is 1. The molecule has 2 rings (SSSR count). The first-order chi connectivity index (χ1) is 9.61. The number of hydrogen-bond donors (Lipinski definition) is 0. The second-order valence-corrected chi connectivity index (χ2v) is 5.44. The Labute approximate surface area is 121 Å². The minimum absolute atomic E-state index is 0.0700. The highest BCUT2D eigenvalue weighted by atomic mass is 16.5. The number of Topliss-reactive ketones (excluding diaryl/α,β-unsaturated/α-hetero) is 1. The summed E-state index contributed by atoms with van der Waals surface area (Å²) < 4.78 is 5.48. The van der Waals surface area contributed by atoms with Crippen molar-refractivity contribution in [2.45, 2.75) is 19.4 Å². The highest BCUT2D eigenvalue weighted by Gasteiger charge is 2.27. The van der Waals surface area contributed by atoms with E-state index in [1.165, 1.54) is 0 Å². The molecule has 1 saturated heterocycles. The van der Waals surface area contributed by atoms with Crippen LogP contribution >= 0.6 is 0 Å². The molecule has 4 heteroatoms. The maximum Gasteiger partial charge on any atom is 0.181 e. The zero-order valence-electron chi connectivity index (χ0n) is 12.6. The number of likely N-dealkylation sites (N-methyl/N-ethyl adjacent to an activating group) is 2. The minimum atomic E-state index is -0.0700. The van der Waals surface area contributed by atoms with Crippen molar-refractivity contribution < 1.29 is 9.53 Å². The third-order valence-electron chi connectivity index (χ3n) is 3.80. The molecule has 1 aromatic carbocycles. The second-order valence-electron chi connectivity index (χ2n) is 5.44. The Hall–Kier alpha value is -1.39. The summed E-state index contributed by atoms with van der Waals surface area (Å²) in [4.78, 5) is 17.1. The summed E-state index contributed by atoms with van der Waals surface area (Å²) in [6.45, 7) is 5.36. The van der Waals surface area contributed by atoms with Gasteiger partial charge in [-0.15, -0.1) is 0 Å². The lowest BCUT2D eigenvalue weighted by Crippen LogP contribution is -2.43. The average molecular weight is 276 g/mol. The normalized spacial score (nSPS) is 21.4. The molecule has 0 N–H and O–H groups in total. The molecule has 0 spiro atoms. The number of rotatable bonds is 4. The molecule has 4 nitrogen and oxygen atoms in total. The quantitative estimate of drug-likeness (QED) is 0.786. The number of nitrogens with zero attached hydrogens (tertiary/aromatic N) is 2. The zero-order valence-corrected chi connectivity index (χ0v) is 12.6. The lowest BCUT2D eigenvalue weighted by atomic mass is 10.0. The van der Waals surface area contributed by atoms with Crippen molar-refractivity contribution in [3.05, 3.63) is 29.8 Å². The molecule has 1 fully saturated rings. The van der Waals surface area contributed by atoms with E-state index in [4.69, 9.17) is 4.74 Å². The van der Waals surface area contributed by atoms with E-state index in [1.54, 1.807) is 0 Å². The number of carbonyl (C=O) groups is 1. The van der Waals surface area contributed by atoms with Crippen LogP contribution in [0.25, 0.3) is 0 Å². The summed E-state index contributed by atoms with van der Waals surface area (Å²) in [5.41, 5.74) is 0.739. The first kappa shape index (κ1) is 15.0. The predicted molar refractivity (Wildman–Crippen MR) is 80.5 cm³/mol. The monoisotopic (exact) mass is 276 g/mol. The average Bonchev–Trinajstić information content (AvgIpc) is 2.60. The van der Waals surface area contributed by atoms with E-state index >= 15 is 0 Å². The van der Waals surface area contributed by atoms with E-state index in [0.29, 0.717) is 6.61 Å². The molecule has 1 aliphatic rings. The van der Waals surface area contributed by atoms with Gasteiger partial charge in [0.15, 0.2) is 5.78 Å². The molecule has 0 saturated carbocycles. The van der Waals surface area contributed by atoms with E-state index < -0.39 is 0 Å². The van der Waals surface area contributed by atoms with Crippen LogP contribution in [0.5, 0.6) is 5.75 Å². The van der Waals surface area contributed by atoms with Crippen LogP contribution < -0.4 is 4.74 Å². The summed E-state index contributed by atoms with van der Waals surface area (Å²) in [6.07, 6.45) is 1.11. The highest BCUT2D eigenvalue weighted by molar-refractivity contribution is 6.00. The van der Waals surface area contributed by atoms with Crippen LogP contribution in [0.4, 0.5) is 0 Å². The van der Waals surface area contributed by atoms with Crippen molar-refractivity contribution in [1.82, 2.24) is 9.80 Å². The van der Waals surface area contributed by atoms with Crippen molar-refractivity contribution in [1.29, 1.82) is 0 Å². The molecular formula is C16H24N2O2. The fourth-order valence-corrected chi connectivity index (χ4v) is 2.65. The Bertz CT molecular complexity index is 462. The summed E-state index contributed by atoms with van der Waals surface area (Å²) >= 11 is 0. The molecule has 1 atom stereocenters. The lowest BCUT2D eigenvalue weighted by molar-refractivity contribution is 0.0839. The van der Waals surface area contributed by atoms with Crippen molar-refractivity contribution in [3.8, 4) is 5.75 Å². The van der Waals surface area contributed by atoms with Crippen molar-refractivity contribution in [3.63, 3.8) is 0 Å². The van der Waals surface area contributed by atoms with Crippen LogP contribution in [0.3, 0.4) is 0 Å². The van der Waals surface area contributed by atoms with Gasteiger partial charge in [-0.25, -0.2) is 0 Å². The molecule has 1 aliphatic heterocycles. The molecule has 0 aliphatic carbocycles. The number of ether oxygens (including phenoxy) is 1. The first-order valence-electron chi connectivity index (χ1n) is 7.27. The SMILES string of the molecule is CCOc1cccc(C(=O)C2CN(C)CCCN2C)c1. The third kappa shape index (κ3) is 3.58. The van der Waals surface area contributed by atoms with Crippen LogP contribution in [0.1, 0.15) is 23.7 Å². The van der Waals surface area contributed by atoms with Gasteiger partial charge in [0.1, 0.15) is 5.75 Å². The summed E-state index contributed by atoms with van der Waals surface area (Å²) in [6, 6.07) is 7.44. The Morgan fingerprint density at radius 3 is 2.90 bits per heavy atom. The molecular weight excluding hydrogens is 252 g/mol. The van der Waals surface area contributed by atoms with E-state index in [0.717, 1.165) is 37.4 Å². The van der Waals surface area contributed by atoms with Gasteiger partial charge >= 0.3 is 0 Å². The zero-order chi connectivity index (χ0) is 14.5. The molecule has 0 aromatic heterocycles. The largest absolute Gasteiger partial charge is 0.494 e. The standard InChI is InChI=1S/C16H24N2O2/c1-4-20-14-8-5-7-13(11-14)16(19)15-12-17(2)9-6-10-18(15)3/h5,7-8,11,15H,4,6,9-10,12H2,1-3H3. The predicted octanol–water partition coefficient (Wildman–Crippen LogP) is 1.90. The fourth-order valence-electron chi connectivity index (χ4n) is 2.65. The topological polar surface area (TPSA) is 32.8 Å². The van der Waals surface area contributed by atoms with Gasteiger partial charge in [0.05, 0.1) is 12.6 Å². The van der Waals surface area contributed by atoms with Gasteiger partial charge in [-0.3, -0.25) is 9.69 Å². The second kappa shape index (κ2) is 6.86. The molecule has 20 heavy (non-hydrogen) atoms.